The monoisotopic (exact) mass is 279 g/mol. The summed E-state index contributed by atoms with van der Waals surface area (Å²) in [4.78, 5) is 4.79. The molecule has 112 valence electrons. The Bertz CT molecular complexity index is 451. The highest BCUT2D eigenvalue weighted by atomic mass is 19.1. The number of piperazine rings is 1. The lowest BCUT2D eigenvalue weighted by atomic mass is 10.0. The molecule has 1 aliphatic heterocycles. The molecule has 0 radical (unpaired) electrons. The van der Waals surface area contributed by atoms with Gasteiger partial charge in [0.1, 0.15) is 5.82 Å². The van der Waals surface area contributed by atoms with Gasteiger partial charge in [0.25, 0.3) is 0 Å². The van der Waals surface area contributed by atoms with Gasteiger partial charge in [0, 0.05) is 36.9 Å². The molecule has 0 saturated carbocycles. The van der Waals surface area contributed by atoms with Crippen molar-refractivity contribution in [2.75, 3.05) is 32.1 Å². The summed E-state index contributed by atoms with van der Waals surface area (Å²) < 4.78 is 13.6. The van der Waals surface area contributed by atoms with Crippen LogP contribution in [0.3, 0.4) is 0 Å². The van der Waals surface area contributed by atoms with Crippen LogP contribution in [-0.2, 0) is 0 Å². The van der Waals surface area contributed by atoms with Crippen LogP contribution >= 0.6 is 0 Å². The quantitative estimate of drug-likeness (QED) is 0.917. The average molecular weight is 279 g/mol. The first kappa shape index (κ1) is 15.3. The van der Waals surface area contributed by atoms with Crippen molar-refractivity contribution in [3.05, 3.63) is 29.6 Å². The van der Waals surface area contributed by atoms with Crippen LogP contribution in [0, 0.1) is 5.82 Å². The maximum absolute atomic E-state index is 13.6. The van der Waals surface area contributed by atoms with E-state index in [2.05, 4.69) is 42.9 Å². The van der Waals surface area contributed by atoms with Crippen molar-refractivity contribution in [2.24, 2.45) is 0 Å². The first-order chi connectivity index (χ1) is 9.43. The molecule has 3 nitrogen and oxygen atoms in total. The Kier molecular flexibility index (Phi) is 4.66. The molecule has 20 heavy (non-hydrogen) atoms. The zero-order valence-corrected chi connectivity index (χ0v) is 13.2. The van der Waals surface area contributed by atoms with Crippen molar-refractivity contribution in [1.82, 2.24) is 10.2 Å². The van der Waals surface area contributed by atoms with Crippen molar-refractivity contribution < 1.29 is 4.39 Å². The Morgan fingerprint density at radius 3 is 2.40 bits per heavy atom. The van der Waals surface area contributed by atoms with E-state index in [4.69, 9.17) is 0 Å². The van der Waals surface area contributed by atoms with E-state index in [1.54, 1.807) is 12.1 Å². The molecule has 2 rings (SSSR count). The molecular weight excluding hydrogens is 253 g/mol. The predicted molar refractivity (Wildman–Crippen MR) is 82.8 cm³/mol. The van der Waals surface area contributed by atoms with Crippen molar-refractivity contribution in [2.45, 2.75) is 38.9 Å². The number of hydrogen-bond donors (Lipinski definition) is 1. The number of likely N-dealkylation sites (N-methyl/N-ethyl adjacent to an activating group) is 1. The highest BCUT2D eigenvalue weighted by molar-refractivity contribution is 5.56. The molecule has 0 bridgehead atoms. The summed E-state index contributed by atoms with van der Waals surface area (Å²) in [6.07, 6.45) is 0. The number of halogens is 1. The SMILES string of the molecule is CNC(C)c1cc(F)ccc1N1CC(C)N(C)C(C)C1. The van der Waals surface area contributed by atoms with Gasteiger partial charge in [-0.25, -0.2) is 4.39 Å². The first-order valence-electron chi connectivity index (χ1n) is 7.37. The lowest BCUT2D eigenvalue weighted by molar-refractivity contribution is 0.170. The molecule has 0 amide bonds. The summed E-state index contributed by atoms with van der Waals surface area (Å²) in [6.45, 7) is 8.52. The second-order valence-corrected chi connectivity index (χ2v) is 5.98. The largest absolute Gasteiger partial charge is 0.368 e. The molecule has 1 saturated heterocycles. The van der Waals surface area contributed by atoms with Crippen LogP contribution in [0.5, 0.6) is 0 Å². The van der Waals surface area contributed by atoms with Crippen molar-refractivity contribution in [1.29, 1.82) is 0 Å². The fraction of sp³-hybridized carbons (Fsp3) is 0.625. The topological polar surface area (TPSA) is 18.5 Å². The Labute approximate surface area is 121 Å². The number of hydrogen-bond acceptors (Lipinski definition) is 3. The fourth-order valence-electron chi connectivity index (χ4n) is 2.92. The molecule has 1 fully saturated rings. The van der Waals surface area contributed by atoms with Gasteiger partial charge in [-0.3, -0.25) is 4.90 Å². The molecule has 1 heterocycles. The van der Waals surface area contributed by atoms with Crippen LogP contribution in [-0.4, -0.2) is 44.2 Å². The number of nitrogens with one attached hydrogen (secondary N) is 1. The van der Waals surface area contributed by atoms with Gasteiger partial charge in [0.15, 0.2) is 0 Å². The standard InChI is InChI=1S/C16H26FN3/c1-11-9-20(10-12(2)19(11)5)16-7-6-14(17)8-15(16)13(3)18-4/h6-8,11-13,18H,9-10H2,1-5H3. The Balaban J connectivity index is 2.32. The lowest BCUT2D eigenvalue weighted by Gasteiger charge is -2.44. The predicted octanol–water partition coefficient (Wildman–Crippen LogP) is 2.63. The minimum absolute atomic E-state index is 0.144. The van der Waals surface area contributed by atoms with E-state index >= 15 is 0 Å². The van der Waals surface area contributed by atoms with Crippen molar-refractivity contribution in [3.63, 3.8) is 0 Å². The highest BCUT2D eigenvalue weighted by Crippen LogP contribution is 2.30. The minimum atomic E-state index is -0.166. The molecule has 4 heteroatoms. The molecule has 0 spiro atoms. The van der Waals surface area contributed by atoms with Gasteiger partial charge in [-0.05, 0) is 58.6 Å². The van der Waals surface area contributed by atoms with Crippen LogP contribution in [0.4, 0.5) is 10.1 Å². The summed E-state index contributed by atoms with van der Waals surface area (Å²) in [6, 6.07) is 6.29. The van der Waals surface area contributed by atoms with Gasteiger partial charge in [-0.1, -0.05) is 0 Å². The maximum Gasteiger partial charge on any atom is 0.123 e. The van der Waals surface area contributed by atoms with E-state index in [-0.39, 0.29) is 11.9 Å². The zero-order valence-electron chi connectivity index (χ0n) is 13.2. The Hall–Kier alpha value is -1.13. The van der Waals surface area contributed by atoms with Crippen LogP contribution in [0.15, 0.2) is 18.2 Å². The van der Waals surface area contributed by atoms with Crippen molar-refractivity contribution >= 4 is 5.69 Å². The Morgan fingerprint density at radius 1 is 1.25 bits per heavy atom. The molecule has 1 aromatic rings. The molecule has 1 aliphatic rings. The van der Waals surface area contributed by atoms with Gasteiger partial charge in [0.05, 0.1) is 0 Å². The zero-order chi connectivity index (χ0) is 14.9. The summed E-state index contributed by atoms with van der Waals surface area (Å²) in [5.41, 5.74) is 2.19. The summed E-state index contributed by atoms with van der Waals surface area (Å²) in [5.74, 6) is -0.166. The second-order valence-electron chi connectivity index (χ2n) is 5.98. The average Bonchev–Trinajstić information content (AvgIpc) is 2.43. The fourth-order valence-corrected chi connectivity index (χ4v) is 2.92. The van der Waals surface area contributed by atoms with Crippen LogP contribution < -0.4 is 10.2 Å². The van der Waals surface area contributed by atoms with Gasteiger partial charge < -0.3 is 10.2 Å². The number of rotatable bonds is 3. The van der Waals surface area contributed by atoms with E-state index < -0.39 is 0 Å². The van der Waals surface area contributed by atoms with E-state index in [0.29, 0.717) is 12.1 Å². The van der Waals surface area contributed by atoms with Gasteiger partial charge >= 0.3 is 0 Å². The van der Waals surface area contributed by atoms with E-state index in [9.17, 15) is 4.39 Å². The third-order valence-corrected chi connectivity index (χ3v) is 4.59. The smallest absolute Gasteiger partial charge is 0.123 e. The second kappa shape index (κ2) is 6.10. The molecule has 0 aliphatic carbocycles. The summed E-state index contributed by atoms with van der Waals surface area (Å²) in [5, 5.41) is 3.22. The van der Waals surface area contributed by atoms with E-state index in [1.807, 2.05) is 13.1 Å². The number of nitrogens with zero attached hydrogens (tertiary/aromatic N) is 2. The van der Waals surface area contributed by atoms with E-state index in [0.717, 1.165) is 24.3 Å². The van der Waals surface area contributed by atoms with Crippen molar-refractivity contribution in [3.8, 4) is 0 Å². The molecule has 3 atom stereocenters. The first-order valence-corrected chi connectivity index (χ1v) is 7.37. The van der Waals surface area contributed by atoms with E-state index in [1.165, 1.54) is 0 Å². The Morgan fingerprint density at radius 2 is 1.85 bits per heavy atom. The number of anilines is 1. The third kappa shape index (κ3) is 2.96. The molecule has 0 aromatic heterocycles. The van der Waals surface area contributed by atoms with Gasteiger partial charge in [-0.2, -0.15) is 0 Å². The maximum atomic E-state index is 13.6. The minimum Gasteiger partial charge on any atom is -0.368 e. The van der Waals surface area contributed by atoms with Gasteiger partial charge in [-0.15, -0.1) is 0 Å². The van der Waals surface area contributed by atoms with Crippen LogP contribution in [0.25, 0.3) is 0 Å². The molecule has 1 aromatic carbocycles. The van der Waals surface area contributed by atoms with Crippen LogP contribution in [0.2, 0.25) is 0 Å². The summed E-state index contributed by atoms with van der Waals surface area (Å²) >= 11 is 0. The lowest BCUT2D eigenvalue weighted by Crippen LogP contribution is -2.55. The molecule has 3 unspecified atom stereocenters. The van der Waals surface area contributed by atoms with Crippen LogP contribution in [0.1, 0.15) is 32.4 Å². The third-order valence-electron chi connectivity index (χ3n) is 4.59. The van der Waals surface area contributed by atoms with Gasteiger partial charge in [0.2, 0.25) is 0 Å². The normalized spacial score (nSPS) is 25.8. The number of benzene rings is 1. The molecule has 1 N–H and O–H groups in total. The highest BCUT2D eigenvalue weighted by Gasteiger charge is 2.28. The molecular formula is C16H26FN3. The summed E-state index contributed by atoms with van der Waals surface area (Å²) in [7, 11) is 4.09.